The molecule has 2 aromatic carbocycles. The summed E-state index contributed by atoms with van der Waals surface area (Å²) in [5.74, 6) is 0.855. The lowest BCUT2D eigenvalue weighted by atomic mass is 10.1. The zero-order valence-electron chi connectivity index (χ0n) is 16.9. The monoisotopic (exact) mass is 486 g/mol. The Morgan fingerprint density at radius 2 is 1.87 bits per heavy atom. The van der Waals surface area contributed by atoms with E-state index in [2.05, 4.69) is 50.1 Å². The molecule has 4 rings (SSSR count). The van der Waals surface area contributed by atoms with Gasteiger partial charge in [-0.05, 0) is 43.7 Å². The first-order chi connectivity index (χ1) is 14.5. The van der Waals surface area contributed by atoms with Crippen molar-refractivity contribution < 1.29 is 9.53 Å². The van der Waals surface area contributed by atoms with Crippen LogP contribution in [0.25, 0.3) is 5.69 Å². The number of morpholine rings is 1. The molecule has 8 heteroatoms. The molecule has 156 valence electrons. The Kier molecular flexibility index (Phi) is 6.55. The normalized spacial score (nSPS) is 15.2. The number of halogens is 1. The maximum Gasteiger partial charge on any atom is 0.232 e. The van der Waals surface area contributed by atoms with Crippen LogP contribution < -0.4 is 4.90 Å². The summed E-state index contributed by atoms with van der Waals surface area (Å²) < 4.78 is 8.50. The summed E-state index contributed by atoms with van der Waals surface area (Å²) >= 11 is 4.85. The van der Waals surface area contributed by atoms with Gasteiger partial charge in [0, 0.05) is 23.1 Å². The number of ether oxygens (including phenoxy) is 1. The Bertz CT molecular complexity index is 1030. The standard InChI is InChI=1S/C22H23BrN4O2S/c1-15-4-3-5-19(14-15)27-21(26-10-12-29-13-11-26)24-25-22(27)30-16(2)20(28)17-6-8-18(23)9-7-17/h3-9,14,16H,10-13H2,1-2H3. The van der Waals surface area contributed by atoms with Gasteiger partial charge >= 0.3 is 0 Å². The highest BCUT2D eigenvalue weighted by molar-refractivity contribution is 9.10. The lowest BCUT2D eigenvalue weighted by Gasteiger charge is -2.28. The zero-order valence-corrected chi connectivity index (χ0v) is 19.3. The molecule has 3 aromatic rings. The Morgan fingerprint density at radius 1 is 1.13 bits per heavy atom. The van der Waals surface area contributed by atoms with Crippen molar-refractivity contribution in [1.82, 2.24) is 14.8 Å². The first kappa shape index (κ1) is 21.1. The first-order valence-electron chi connectivity index (χ1n) is 9.84. The average molecular weight is 487 g/mol. The Morgan fingerprint density at radius 3 is 2.57 bits per heavy atom. The van der Waals surface area contributed by atoms with E-state index in [1.54, 1.807) is 0 Å². The van der Waals surface area contributed by atoms with Crippen molar-refractivity contribution in [2.24, 2.45) is 0 Å². The van der Waals surface area contributed by atoms with Gasteiger partial charge in [0.2, 0.25) is 5.95 Å². The van der Waals surface area contributed by atoms with E-state index >= 15 is 0 Å². The van der Waals surface area contributed by atoms with Gasteiger partial charge in [0.05, 0.1) is 24.2 Å². The number of hydrogen-bond donors (Lipinski definition) is 0. The van der Waals surface area contributed by atoms with Crippen LogP contribution in [0.15, 0.2) is 58.2 Å². The number of aromatic nitrogens is 3. The van der Waals surface area contributed by atoms with Crippen molar-refractivity contribution in [3.05, 3.63) is 64.1 Å². The molecule has 0 saturated carbocycles. The minimum absolute atomic E-state index is 0.0687. The third-order valence-electron chi connectivity index (χ3n) is 4.95. The molecule has 1 aliphatic heterocycles. The van der Waals surface area contributed by atoms with Crippen molar-refractivity contribution in [3.63, 3.8) is 0 Å². The van der Waals surface area contributed by atoms with E-state index < -0.39 is 0 Å². The Labute approximate surface area is 188 Å². The third kappa shape index (κ3) is 4.61. The smallest absolute Gasteiger partial charge is 0.232 e. The summed E-state index contributed by atoms with van der Waals surface area (Å²) in [6.45, 7) is 6.85. The molecule has 1 saturated heterocycles. The summed E-state index contributed by atoms with van der Waals surface area (Å²) in [6, 6.07) is 15.7. The molecule has 0 amide bonds. The molecule has 0 aliphatic carbocycles. The van der Waals surface area contributed by atoms with Crippen molar-refractivity contribution in [2.45, 2.75) is 24.3 Å². The van der Waals surface area contributed by atoms with E-state index in [-0.39, 0.29) is 11.0 Å². The van der Waals surface area contributed by atoms with Gasteiger partial charge in [-0.15, -0.1) is 10.2 Å². The number of aryl methyl sites for hydroxylation is 1. The molecule has 0 bridgehead atoms. The van der Waals surface area contributed by atoms with E-state index in [1.165, 1.54) is 11.8 Å². The Balaban J connectivity index is 1.66. The molecular formula is C22H23BrN4O2S. The summed E-state index contributed by atoms with van der Waals surface area (Å²) in [4.78, 5) is 15.1. The maximum absolute atomic E-state index is 13.0. The SMILES string of the molecule is Cc1cccc(-n2c(SC(C)C(=O)c3ccc(Br)cc3)nnc2N2CCOCC2)c1. The van der Waals surface area contributed by atoms with Gasteiger partial charge in [0.15, 0.2) is 10.9 Å². The number of anilines is 1. The topological polar surface area (TPSA) is 60.2 Å². The molecule has 30 heavy (non-hydrogen) atoms. The van der Waals surface area contributed by atoms with Crippen LogP contribution in [0.4, 0.5) is 5.95 Å². The summed E-state index contributed by atoms with van der Waals surface area (Å²) in [6.07, 6.45) is 0. The number of Topliss-reactive ketones (excluding diaryl/α,β-unsaturated/α-hetero) is 1. The molecule has 1 aromatic heterocycles. The van der Waals surface area contributed by atoms with Crippen LogP contribution in [0.1, 0.15) is 22.8 Å². The van der Waals surface area contributed by atoms with Gasteiger partial charge in [-0.1, -0.05) is 52.0 Å². The van der Waals surface area contributed by atoms with E-state index in [9.17, 15) is 4.79 Å². The molecule has 1 aliphatic rings. The van der Waals surface area contributed by atoms with Crippen molar-refractivity contribution in [1.29, 1.82) is 0 Å². The maximum atomic E-state index is 13.0. The number of nitrogens with zero attached hydrogens (tertiary/aromatic N) is 4. The van der Waals surface area contributed by atoms with Crippen LogP contribution in [0.5, 0.6) is 0 Å². The lowest BCUT2D eigenvalue weighted by molar-refractivity contribution is 0.0994. The Hall–Kier alpha value is -2.16. The second-order valence-electron chi connectivity index (χ2n) is 7.19. The molecule has 6 nitrogen and oxygen atoms in total. The number of rotatable bonds is 6. The number of hydrogen-bond acceptors (Lipinski definition) is 6. The van der Waals surface area contributed by atoms with E-state index in [1.807, 2.05) is 47.9 Å². The number of thioether (sulfide) groups is 1. The van der Waals surface area contributed by atoms with Gasteiger partial charge in [0.1, 0.15) is 0 Å². The fourth-order valence-corrected chi connectivity index (χ4v) is 4.56. The molecule has 0 N–H and O–H groups in total. The molecule has 1 unspecified atom stereocenters. The molecule has 0 radical (unpaired) electrons. The first-order valence-corrected chi connectivity index (χ1v) is 11.5. The molecular weight excluding hydrogens is 464 g/mol. The van der Waals surface area contributed by atoms with Crippen molar-refractivity contribution in [2.75, 3.05) is 31.2 Å². The van der Waals surface area contributed by atoms with E-state index in [0.29, 0.717) is 23.9 Å². The van der Waals surface area contributed by atoms with Crippen LogP contribution in [0, 0.1) is 6.92 Å². The largest absolute Gasteiger partial charge is 0.378 e. The number of benzene rings is 2. The lowest BCUT2D eigenvalue weighted by Crippen LogP contribution is -2.37. The summed E-state index contributed by atoms with van der Waals surface area (Å²) in [7, 11) is 0. The second-order valence-corrected chi connectivity index (χ2v) is 9.41. The minimum atomic E-state index is -0.295. The summed E-state index contributed by atoms with van der Waals surface area (Å²) in [5.41, 5.74) is 2.84. The minimum Gasteiger partial charge on any atom is -0.378 e. The highest BCUT2D eigenvalue weighted by Crippen LogP contribution is 2.31. The van der Waals surface area contributed by atoms with Gasteiger partial charge in [0.25, 0.3) is 0 Å². The average Bonchev–Trinajstić information content (AvgIpc) is 3.18. The van der Waals surface area contributed by atoms with Crippen LogP contribution in [0.2, 0.25) is 0 Å². The molecule has 1 fully saturated rings. The fourth-order valence-electron chi connectivity index (χ4n) is 3.36. The van der Waals surface area contributed by atoms with Gasteiger partial charge in [-0.25, -0.2) is 0 Å². The predicted molar refractivity (Wildman–Crippen MR) is 123 cm³/mol. The fraction of sp³-hybridized carbons (Fsp3) is 0.318. The summed E-state index contributed by atoms with van der Waals surface area (Å²) in [5, 5.41) is 9.36. The highest BCUT2D eigenvalue weighted by Gasteiger charge is 2.25. The van der Waals surface area contributed by atoms with Gasteiger partial charge < -0.3 is 9.64 Å². The number of carbonyl (C=O) groups is 1. The predicted octanol–water partition coefficient (Wildman–Crippen LogP) is 4.54. The number of carbonyl (C=O) groups excluding carboxylic acids is 1. The number of ketones is 1. The van der Waals surface area contributed by atoms with Crippen LogP contribution >= 0.6 is 27.7 Å². The molecule has 0 spiro atoms. The second kappa shape index (κ2) is 9.32. The van der Waals surface area contributed by atoms with Crippen molar-refractivity contribution in [3.8, 4) is 5.69 Å². The molecule has 1 atom stereocenters. The van der Waals surface area contributed by atoms with Crippen LogP contribution in [-0.4, -0.2) is 52.1 Å². The van der Waals surface area contributed by atoms with E-state index in [0.717, 1.165) is 34.8 Å². The third-order valence-corrected chi connectivity index (χ3v) is 6.52. The van der Waals surface area contributed by atoms with Crippen molar-refractivity contribution >= 4 is 39.4 Å². The van der Waals surface area contributed by atoms with Crippen LogP contribution in [0.3, 0.4) is 0 Å². The van der Waals surface area contributed by atoms with Gasteiger partial charge in [-0.3, -0.25) is 9.36 Å². The quantitative estimate of drug-likeness (QED) is 0.376. The van der Waals surface area contributed by atoms with Crippen LogP contribution in [-0.2, 0) is 4.74 Å². The zero-order chi connectivity index (χ0) is 21.1. The highest BCUT2D eigenvalue weighted by atomic mass is 79.9. The van der Waals surface area contributed by atoms with Gasteiger partial charge in [-0.2, -0.15) is 0 Å². The molecule has 2 heterocycles. The van der Waals surface area contributed by atoms with E-state index in [4.69, 9.17) is 4.74 Å².